The molecule has 0 aliphatic rings. The summed E-state index contributed by atoms with van der Waals surface area (Å²) in [5.41, 5.74) is 1.03. The van der Waals surface area contributed by atoms with Gasteiger partial charge in [0.25, 0.3) is 0 Å². The van der Waals surface area contributed by atoms with E-state index in [2.05, 4.69) is 26.0 Å². The van der Waals surface area contributed by atoms with Crippen LogP contribution in [0.4, 0.5) is 0 Å². The SMILES string of the molecule is CNCc1ccc(S(=O)(=O)NCCCCCOC)c(Br)c1. The van der Waals surface area contributed by atoms with Crippen LogP contribution in [0.2, 0.25) is 0 Å². The number of rotatable bonds is 10. The summed E-state index contributed by atoms with van der Waals surface area (Å²) < 4.78 is 32.6. The van der Waals surface area contributed by atoms with Gasteiger partial charge in [-0.3, -0.25) is 0 Å². The van der Waals surface area contributed by atoms with Crippen molar-refractivity contribution in [2.24, 2.45) is 0 Å². The Labute approximate surface area is 135 Å². The molecule has 7 heteroatoms. The van der Waals surface area contributed by atoms with Crippen molar-refractivity contribution < 1.29 is 13.2 Å². The molecule has 0 radical (unpaired) electrons. The summed E-state index contributed by atoms with van der Waals surface area (Å²) >= 11 is 3.33. The molecule has 0 fully saturated rings. The Morgan fingerprint density at radius 3 is 2.62 bits per heavy atom. The fourth-order valence-corrected chi connectivity index (χ4v) is 4.11. The Morgan fingerprint density at radius 2 is 2.00 bits per heavy atom. The van der Waals surface area contributed by atoms with Crippen LogP contribution in [0.3, 0.4) is 0 Å². The van der Waals surface area contributed by atoms with Crippen molar-refractivity contribution in [1.29, 1.82) is 0 Å². The van der Waals surface area contributed by atoms with Crippen molar-refractivity contribution in [2.45, 2.75) is 30.7 Å². The van der Waals surface area contributed by atoms with Crippen LogP contribution >= 0.6 is 15.9 Å². The van der Waals surface area contributed by atoms with Gasteiger partial charge in [0.2, 0.25) is 10.0 Å². The molecule has 2 N–H and O–H groups in total. The second-order valence-corrected chi connectivity index (χ2v) is 7.34. The number of nitrogens with one attached hydrogen (secondary N) is 2. The highest BCUT2D eigenvalue weighted by molar-refractivity contribution is 9.10. The fourth-order valence-electron chi connectivity index (χ4n) is 1.91. The maximum atomic E-state index is 12.2. The van der Waals surface area contributed by atoms with Crippen LogP contribution in [0.25, 0.3) is 0 Å². The maximum absolute atomic E-state index is 12.2. The minimum absolute atomic E-state index is 0.277. The van der Waals surface area contributed by atoms with Gasteiger partial charge in [0.1, 0.15) is 0 Å². The molecule has 0 spiro atoms. The van der Waals surface area contributed by atoms with E-state index in [9.17, 15) is 8.42 Å². The molecule has 1 aromatic carbocycles. The third-order valence-electron chi connectivity index (χ3n) is 2.98. The standard InChI is InChI=1S/C14H23BrN2O3S/c1-16-11-12-6-7-14(13(15)10-12)21(18,19)17-8-4-3-5-9-20-2/h6-7,10,16-17H,3-5,8-9,11H2,1-2H3. The molecule has 5 nitrogen and oxygen atoms in total. The van der Waals surface area contributed by atoms with Gasteiger partial charge in [0.15, 0.2) is 0 Å². The molecule has 0 heterocycles. The molecule has 0 aromatic heterocycles. The molecule has 0 saturated heterocycles. The van der Waals surface area contributed by atoms with Crippen LogP contribution < -0.4 is 10.0 Å². The highest BCUT2D eigenvalue weighted by Crippen LogP contribution is 2.23. The number of halogens is 1. The Hall–Kier alpha value is -0.470. The number of hydrogen-bond donors (Lipinski definition) is 2. The van der Waals surface area contributed by atoms with E-state index in [0.717, 1.165) is 24.8 Å². The number of sulfonamides is 1. The van der Waals surface area contributed by atoms with Gasteiger partial charge in [-0.15, -0.1) is 0 Å². The fraction of sp³-hybridized carbons (Fsp3) is 0.571. The number of methoxy groups -OCH3 is 1. The van der Waals surface area contributed by atoms with Crippen molar-refractivity contribution in [3.63, 3.8) is 0 Å². The zero-order valence-electron chi connectivity index (χ0n) is 12.5. The van der Waals surface area contributed by atoms with Gasteiger partial charge in [0, 0.05) is 31.3 Å². The zero-order chi connectivity index (χ0) is 15.7. The van der Waals surface area contributed by atoms with Crippen molar-refractivity contribution in [1.82, 2.24) is 10.0 Å². The molecule has 21 heavy (non-hydrogen) atoms. The molecular weight excluding hydrogens is 356 g/mol. The molecule has 0 unspecified atom stereocenters. The van der Waals surface area contributed by atoms with Crippen LogP contribution in [0.1, 0.15) is 24.8 Å². The number of unbranched alkanes of at least 4 members (excludes halogenated alkanes) is 2. The molecular formula is C14H23BrN2O3S. The van der Waals surface area contributed by atoms with E-state index < -0.39 is 10.0 Å². The van der Waals surface area contributed by atoms with E-state index in [1.54, 1.807) is 13.2 Å². The number of benzene rings is 1. The van der Waals surface area contributed by atoms with Crippen LogP contribution in [0.15, 0.2) is 27.6 Å². The van der Waals surface area contributed by atoms with Gasteiger partial charge < -0.3 is 10.1 Å². The van der Waals surface area contributed by atoms with Crippen molar-refractivity contribution >= 4 is 26.0 Å². The maximum Gasteiger partial charge on any atom is 0.241 e. The summed E-state index contributed by atoms with van der Waals surface area (Å²) in [5.74, 6) is 0. The summed E-state index contributed by atoms with van der Waals surface area (Å²) in [6.07, 6.45) is 2.69. The summed E-state index contributed by atoms with van der Waals surface area (Å²) in [4.78, 5) is 0.277. The van der Waals surface area contributed by atoms with Crippen LogP contribution in [-0.4, -0.2) is 35.7 Å². The lowest BCUT2D eigenvalue weighted by molar-refractivity contribution is 0.192. The molecule has 0 aliphatic heterocycles. The molecule has 0 atom stereocenters. The van der Waals surface area contributed by atoms with E-state index in [-0.39, 0.29) is 4.90 Å². The van der Waals surface area contributed by atoms with Crippen LogP contribution in [-0.2, 0) is 21.3 Å². The lowest BCUT2D eigenvalue weighted by Gasteiger charge is -2.10. The second kappa shape index (κ2) is 9.53. The van der Waals surface area contributed by atoms with Crippen molar-refractivity contribution in [2.75, 3.05) is 27.3 Å². The zero-order valence-corrected chi connectivity index (χ0v) is 14.9. The minimum Gasteiger partial charge on any atom is -0.385 e. The normalized spacial score (nSPS) is 11.8. The highest BCUT2D eigenvalue weighted by Gasteiger charge is 2.17. The Bertz CT molecular complexity index is 535. The smallest absolute Gasteiger partial charge is 0.241 e. The van der Waals surface area contributed by atoms with Gasteiger partial charge in [-0.1, -0.05) is 6.07 Å². The molecule has 0 aliphatic carbocycles. The summed E-state index contributed by atoms with van der Waals surface area (Å²) in [7, 11) is 0.0516. The minimum atomic E-state index is -3.46. The lowest BCUT2D eigenvalue weighted by atomic mass is 10.2. The lowest BCUT2D eigenvalue weighted by Crippen LogP contribution is -2.25. The summed E-state index contributed by atoms with van der Waals surface area (Å²) in [6, 6.07) is 5.27. The molecule has 0 amide bonds. The average molecular weight is 379 g/mol. The third kappa shape index (κ3) is 6.44. The molecule has 0 bridgehead atoms. The van der Waals surface area contributed by atoms with Crippen molar-refractivity contribution in [3.05, 3.63) is 28.2 Å². The first-order valence-corrected chi connectivity index (χ1v) is 9.20. The van der Waals surface area contributed by atoms with Crippen LogP contribution in [0.5, 0.6) is 0 Å². The summed E-state index contributed by atoms with van der Waals surface area (Å²) in [6.45, 7) is 1.85. The number of hydrogen-bond acceptors (Lipinski definition) is 4. The van der Waals surface area contributed by atoms with E-state index in [0.29, 0.717) is 24.2 Å². The van der Waals surface area contributed by atoms with Gasteiger partial charge >= 0.3 is 0 Å². The molecule has 0 saturated carbocycles. The molecule has 1 aromatic rings. The van der Waals surface area contributed by atoms with Gasteiger partial charge in [-0.2, -0.15) is 0 Å². The van der Waals surface area contributed by atoms with Crippen LogP contribution in [0, 0.1) is 0 Å². The Morgan fingerprint density at radius 1 is 1.24 bits per heavy atom. The highest BCUT2D eigenvalue weighted by atomic mass is 79.9. The monoisotopic (exact) mass is 378 g/mol. The summed E-state index contributed by atoms with van der Waals surface area (Å²) in [5, 5.41) is 3.03. The number of ether oxygens (including phenoxy) is 1. The van der Waals surface area contributed by atoms with E-state index in [1.807, 2.05) is 19.2 Å². The van der Waals surface area contributed by atoms with Gasteiger partial charge in [-0.25, -0.2) is 13.1 Å². The van der Waals surface area contributed by atoms with Gasteiger partial charge in [0.05, 0.1) is 4.90 Å². The quantitative estimate of drug-likeness (QED) is 0.612. The average Bonchev–Trinajstić information content (AvgIpc) is 2.43. The van der Waals surface area contributed by atoms with Gasteiger partial charge in [-0.05, 0) is 59.9 Å². The topological polar surface area (TPSA) is 67.4 Å². The predicted molar refractivity (Wildman–Crippen MR) is 87.8 cm³/mol. The first kappa shape index (κ1) is 18.6. The first-order chi connectivity index (χ1) is 10.0. The second-order valence-electron chi connectivity index (χ2n) is 4.75. The Balaban J connectivity index is 2.57. The van der Waals surface area contributed by atoms with E-state index >= 15 is 0 Å². The largest absolute Gasteiger partial charge is 0.385 e. The Kier molecular flexibility index (Phi) is 8.43. The molecule has 1 rings (SSSR count). The van der Waals surface area contributed by atoms with E-state index in [1.165, 1.54) is 0 Å². The predicted octanol–water partition coefficient (Wildman–Crippen LogP) is 2.26. The van der Waals surface area contributed by atoms with E-state index in [4.69, 9.17) is 4.74 Å². The van der Waals surface area contributed by atoms with Crippen molar-refractivity contribution in [3.8, 4) is 0 Å². The molecule has 120 valence electrons. The third-order valence-corrected chi connectivity index (χ3v) is 5.42. The first-order valence-electron chi connectivity index (χ1n) is 6.93.